The number of hydrogen-bond donors (Lipinski definition) is 2. The molecule has 0 amide bonds. The summed E-state index contributed by atoms with van der Waals surface area (Å²) >= 11 is 0. The van der Waals surface area contributed by atoms with Crippen LogP contribution in [0, 0.1) is 0 Å². The zero-order chi connectivity index (χ0) is 40.3. The summed E-state index contributed by atoms with van der Waals surface area (Å²) in [5, 5.41) is 12.6. The molecule has 0 aromatic rings. The molecular weight excluding hydrogens is 683 g/mol. The van der Waals surface area contributed by atoms with E-state index < -0.39 is 6.23 Å². The summed E-state index contributed by atoms with van der Waals surface area (Å²) in [4.78, 5) is 24.9. The molecule has 0 bridgehead atoms. The first-order chi connectivity index (χ1) is 26.9. The molecule has 0 aliphatic carbocycles. The Kier molecular flexibility index (Phi) is 42.6. The van der Waals surface area contributed by atoms with E-state index in [0.29, 0.717) is 19.4 Å². The van der Waals surface area contributed by atoms with Gasteiger partial charge in [0.15, 0.2) is 0 Å². The van der Waals surface area contributed by atoms with Gasteiger partial charge in [0.2, 0.25) is 0 Å². The van der Waals surface area contributed by atoms with Crippen LogP contribution in [0.5, 0.6) is 0 Å². The molecule has 1 unspecified atom stereocenters. The molecule has 0 aromatic carbocycles. The van der Waals surface area contributed by atoms with Crippen LogP contribution in [0.25, 0.3) is 0 Å². The lowest BCUT2D eigenvalue weighted by Crippen LogP contribution is -2.25. The summed E-state index contributed by atoms with van der Waals surface area (Å²) < 4.78 is 11.5. The molecule has 6 nitrogen and oxygen atoms in total. The van der Waals surface area contributed by atoms with Gasteiger partial charge in [-0.05, 0) is 96.9 Å². The van der Waals surface area contributed by atoms with E-state index in [4.69, 9.17) is 9.47 Å². The van der Waals surface area contributed by atoms with Crippen molar-refractivity contribution < 1.29 is 24.2 Å². The van der Waals surface area contributed by atoms with Crippen molar-refractivity contribution in [2.75, 3.05) is 13.2 Å². The molecular formula is C49H95NO5. The summed E-state index contributed by atoms with van der Waals surface area (Å²) in [6, 6.07) is 0. The van der Waals surface area contributed by atoms with Crippen LogP contribution in [-0.2, 0) is 19.1 Å². The minimum Gasteiger partial charge on any atom is -0.466 e. The van der Waals surface area contributed by atoms with Gasteiger partial charge < -0.3 is 14.6 Å². The van der Waals surface area contributed by atoms with Crippen molar-refractivity contribution in [3.05, 3.63) is 11.6 Å². The zero-order valence-electron chi connectivity index (χ0n) is 37.4. The Morgan fingerprint density at radius 3 is 1.38 bits per heavy atom. The number of esters is 2. The monoisotopic (exact) mass is 778 g/mol. The second-order valence-corrected chi connectivity index (χ2v) is 16.7. The predicted molar refractivity (Wildman–Crippen MR) is 236 cm³/mol. The average Bonchev–Trinajstić information content (AvgIpc) is 3.16. The van der Waals surface area contributed by atoms with E-state index in [-0.39, 0.29) is 18.0 Å². The molecule has 0 rings (SSSR count). The fourth-order valence-corrected chi connectivity index (χ4v) is 7.48. The normalized spacial score (nSPS) is 12.4. The summed E-state index contributed by atoms with van der Waals surface area (Å²) in [6.07, 6.45) is 45.1. The summed E-state index contributed by atoms with van der Waals surface area (Å²) in [6.45, 7) is 9.97. The first-order valence-corrected chi connectivity index (χ1v) is 24.4. The van der Waals surface area contributed by atoms with Gasteiger partial charge in [0.05, 0.1) is 6.61 Å². The van der Waals surface area contributed by atoms with Gasteiger partial charge in [0.25, 0.3) is 0 Å². The highest BCUT2D eigenvalue weighted by atomic mass is 16.5. The fraction of sp³-hybridized carbons (Fsp3) is 0.918. The number of carbonyl (C=O) groups is 2. The van der Waals surface area contributed by atoms with Crippen LogP contribution in [0.2, 0.25) is 0 Å². The molecule has 0 heterocycles. The van der Waals surface area contributed by atoms with Gasteiger partial charge in [-0.2, -0.15) is 0 Å². The van der Waals surface area contributed by atoms with Crippen molar-refractivity contribution in [3.63, 3.8) is 0 Å². The van der Waals surface area contributed by atoms with E-state index in [0.717, 1.165) is 77.2 Å². The van der Waals surface area contributed by atoms with Gasteiger partial charge in [-0.1, -0.05) is 174 Å². The molecule has 6 heteroatoms. The molecule has 55 heavy (non-hydrogen) atoms. The number of carbonyl (C=O) groups excluding carboxylic acids is 2. The van der Waals surface area contributed by atoms with Crippen LogP contribution >= 0.6 is 0 Å². The van der Waals surface area contributed by atoms with Crippen molar-refractivity contribution in [2.24, 2.45) is 0 Å². The lowest BCUT2D eigenvalue weighted by Gasteiger charge is -2.18. The minimum atomic E-state index is -0.450. The second-order valence-electron chi connectivity index (χ2n) is 16.7. The highest BCUT2D eigenvalue weighted by molar-refractivity contribution is 5.69. The maximum absolute atomic E-state index is 12.8. The molecule has 0 fully saturated rings. The zero-order valence-corrected chi connectivity index (χ0v) is 37.4. The highest BCUT2D eigenvalue weighted by Gasteiger charge is 2.14. The molecule has 0 spiro atoms. The van der Waals surface area contributed by atoms with E-state index in [1.165, 1.54) is 154 Å². The third-order valence-corrected chi connectivity index (χ3v) is 11.1. The molecule has 0 aliphatic heterocycles. The Morgan fingerprint density at radius 1 is 0.509 bits per heavy atom. The lowest BCUT2D eigenvalue weighted by molar-refractivity contribution is -0.150. The maximum Gasteiger partial charge on any atom is 0.306 e. The van der Waals surface area contributed by atoms with Crippen LogP contribution in [0.15, 0.2) is 11.6 Å². The van der Waals surface area contributed by atoms with Gasteiger partial charge >= 0.3 is 11.9 Å². The molecule has 0 radical (unpaired) electrons. The number of aliphatic hydroxyl groups excluding tert-OH is 1. The summed E-state index contributed by atoms with van der Waals surface area (Å²) in [5.41, 5.74) is 1.58. The van der Waals surface area contributed by atoms with E-state index in [1.807, 2.05) is 0 Å². The molecule has 1 atom stereocenters. The third-order valence-electron chi connectivity index (χ3n) is 11.1. The number of ether oxygens (including phenoxy) is 2. The Bertz CT molecular complexity index is 827. The Hall–Kier alpha value is -1.40. The van der Waals surface area contributed by atoms with E-state index >= 15 is 0 Å². The smallest absolute Gasteiger partial charge is 0.306 e. The van der Waals surface area contributed by atoms with E-state index in [9.17, 15) is 14.7 Å². The minimum absolute atomic E-state index is 0.0209. The number of allylic oxidation sites excluding steroid dienone is 2. The standard InChI is InChI=1S/C49H95NO5/c1-5-8-11-14-17-26-35-44-54-48(52)41-31-24-18-20-27-36-46(38-33-34-43-50-45(4)51)37-28-21-19-25-32-42-49(53)55-47(39-29-22-15-12-9-6-2)40-30-23-16-13-10-7-3/h38,45,47,50-51H,5-37,39-44H2,1-4H3/b46-38+. The van der Waals surface area contributed by atoms with Gasteiger partial charge in [-0.25, -0.2) is 0 Å². The Balaban J connectivity index is 4.32. The van der Waals surface area contributed by atoms with Crippen LogP contribution in [0.4, 0.5) is 0 Å². The topological polar surface area (TPSA) is 84.9 Å². The first kappa shape index (κ1) is 53.6. The van der Waals surface area contributed by atoms with Crippen LogP contribution in [0.3, 0.4) is 0 Å². The van der Waals surface area contributed by atoms with Crippen molar-refractivity contribution in [1.82, 2.24) is 5.32 Å². The number of rotatable bonds is 44. The molecule has 0 saturated carbocycles. The number of aliphatic hydroxyl groups is 1. The van der Waals surface area contributed by atoms with Crippen LogP contribution in [-0.4, -0.2) is 42.5 Å². The summed E-state index contributed by atoms with van der Waals surface area (Å²) in [5.74, 6) is 0.00321. The molecule has 0 aromatic heterocycles. The summed E-state index contributed by atoms with van der Waals surface area (Å²) in [7, 11) is 0. The fourth-order valence-electron chi connectivity index (χ4n) is 7.48. The molecule has 326 valence electrons. The van der Waals surface area contributed by atoms with Crippen molar-refractivity contribution in [2.45, 2.75) is 278 Å². The van der Waals surface area contributed by atoms with Gasteiger partial charge in [0.1, 0.15) is 12.3 Å². The molecule has 0 aliphatic rings. The van der Waals surface area contributed by atoms with Crippen molar-refractivity contribution >= 4 is 11.9 Å². The quantitative estimate of drug-likeness (QED) is 0.0277. The predicted octanol–water partition coefficient (Wildman–Crippen LogP) is 14.8. The van der Waals surface area contributed by atoms with Gasteiger partial charge in [-0.3, -0.25) is 14.9 Å². The van der Waals surface area contributed by atoms with Gasteiger partial charge in [0, 0.05) is 12.8 Å². The number of hydrogen-bond acceptors (Lipinski definition) is 6. The number of nitrogens with one attached hydrogen (secondary N) is 1. The average molecular weight is 778 g/mol. The van der Waals surface area contributed by atoms with Crippen LogP contribution < -0.4 is 5.32 Å². The SMILES string of the molecule is CCCCCCCCCOC(=O)CCCCCCC/C(=C\CCCNC(C)O)CCCCCCCC(=O)OC(CCCCCCCC)CCCCCCCC. The largest absolute Gasteiger partial charge is 0.466 e. The third kappa shape index (κ3) is 42.0. The number of unbranched alkanes of at least 4 members (excludes halogenated alkanes) is 25. The molecule has 2 N–H and O–H groups in total. The second kappa shape index (κ2) is 43.7. The van der Waals surface area contributed by atoms with Crippen LogP contribution in [0.1, 0.15) is 265 Å². The molecule has 0 saturated heterocycles. The maximum atomic E-state index is 12.8. The Morgan fingerprint density at radius 2 is 0.909 bits per heavy atom. The Labute approximate surface area is 342 Å². The first-order valence-electron chi connectivity index (χ1n) is 24.4. The van der Waals surface area contributed by atoms with Gasteiger partial charge in [-0.15, -0.1) is 0 Å². The highest BCUT2D eigenvalue weighted by Crippen LogP contribution is 2.21. The van der Waals surface area contributed by atoms with E-state index in [2.05, 4.69) is 32.2 Å². The lowest BCUT2D eigenvalue weighted by atomic mass is 9.98. The van der Waals surface area contributed by atoms with E-state index in [1.54, 1.807) is 12.5 Å². The van der Waals surface area contributed by atoms with Crippen molar-refractivity contribution in [1.29, 1.82) is 0 Å². The van der Waals surface area contributed by atoms with Crippen molar-refractivity contribution in [3.8, 4) is 0 Å².